The van der Waals surface area contributed by atoms with E-state index in [9.17, 15) is 0 Å². The third-order valence-corrected chi connectivity index (χ3v) is 4.09. The van der Waals surface area contributed by atoms with Crippen LogP contribution in [0.2, 0.25) is 0 Å². The van der Waals surface area contributed by atoms with Crippen LogP contribution in [0.25, 0.3) is 0 Å². The zero-order valence-corrected chi connectivity index (χ0v) is 13.7. The highest BCUT2D eigenvalue weighted by Gasteiger charge is 2.26. The van der Waals surface area contributed by atoms with Gasteiger partial charge in [-0.15, -0.1) is 0 Å². The van der Waals surface area contributed by atoms with Gasteiger partial charge >= 0.3 is 0 Å². The molecule has 0 amide bonds. The Morgan fingerprint density at radius 1 is 1.32 bits per heavy atom. The quantitative estimate of drug-likeness (QED) is 0.903. The van der Waals surface area contributed by atoms with Gasteiger partial charge in [0.05, 0.1) is 16.8 Å². The highest BCUT2D eigenvalue weighted by Crippen LogP contribution is 2.34. The number of rotatable bonds is 2. The Bertz CT molecular complexity index is 451. The fourth-order valence-corrected chi connectivity index (χ4v) is 3.22. The van der Waals surface area contributed by atoms with Crippen LogP contribution in [0.1, 0.15) is 51.0 Å². The number of hydrogen-bond acceptors (Lipinski definition) is 4. The predicted molar refractivity (Wildman–Crippen MR) is 80.8 cm³/mol. The lowest BCUT2D eigenvalue weighted by molar-refractivity contribution is 0.0779. The van der Waals surface area contributed by atoms with Crippen LogP contribution >= 0.6 is 15.9 Å². The van der Waals surface area contributed by atoms with E-state index in [1.165, 1.54) is 0 Å². The standard InChI is InChI=1S/C14H22BrN3O/c1-14(2,3)11-10(15)13(16-4)18-12(17-11)9-6-5-7-19-8-9/h9H,5-8H2,1-4H3,(H,16,17,18). The first kappa shape index (κ1) is 14.7. The lowest BCUT2D eigenvalue weighted by atomic mass is 9.91. The molecule has 1 aromatic heterocycles. The molecule has 106 valence electrons. The Balaban J connectivity index is 2.44. The minimum Gasteiger partial charge on any atom is -0.381 e. The maximum Gasteiger partial charge on any atom is 0.144 e. The molecule has 1 unspecified atom stereocenters. The van der Waals surface area contributed by atoms with Gasteiger partial charge in [-0.25, -0.2) is 9.97 Å². The van der Waals surface area contributed by atoms with Gasteiger partial charge in [-0.1, -0.05) is 20.8 Å². The zero-order chi connectivity index (χ0) is 14.0. The lowest BCUT2D eigenvalue weighted by Gasteiger charge is -2.25. The Morgan fingerprint density at radius 3 is 2.58 bits per heavy atom. The van der Waals surface area contributed by atoms with Gasteiger partial charge < -0.3 is 10.1 Å². The van der Waals surface area contributed by atoms with Crippen LogP contribution in [-0.4, -0.2) is 30.2 Å². The first-order chi connectivity index (χ1) is 8.93. The average molecular weight is 328 g/mol. The maximum absolute atomic E-state index is 5.55. The van der Waals surface area contributed by atoms with E-state index >= 15 is 0 Å². The molecule has 0 aliphatic carbocycles. The molecule has 1 aliphatic rings. The predicted octanol–water partition coefficient (Wildman–Crippen LogP) is 3.47. The van der Waals surface area contributed by atoms with E-state index in [1.54, 1.807) is 0 Å². The first-order valence-electron chi connectivity index (χ1n) is 6.77. The molecule has 0 saturated carbocycles. The first-order valence-corrected chi connectivity index (χ1v) is 7.56. The summed E-state index contributed by atoms with van der Waals surface area (Å²) in [5, 5.41) is 3.15. The molecule has 1 aliphatic heterocycles. The molecular formula is C14H22BrN3O. The van der Waals surface area contributed by atoms with Crippen molar-refractivity contribution in [2.24, 2.45) is 0 Å². The Labute approximate surface area is 123 Å². The number of halogens is 1. The summed E-state index contributed by atoms with van der Waals surface area (Å²) in [6.45, 7) is 8.09. The average Bonchev–Trinajstić information content (AvgIpc) is 2.38. The molecule has 19 heavy (non-hydrogen) atoms. The monoisotopic (exact) mass is 327 g/mol. The molecule has 1 atom stereocenters. The molecule has 2 rings (SSSR count). The van der Waals surface area contributed by atoms with Gasteiger partial charge in [0.25, 0.3) is 0 Å². The lowest BCUT2D eigenvalue weighted by Crippen LogP contribution is -2.22. The molecule has 0 radical (unpaired) electrons. The third-order valence-electron chi connectivity index (χ3n) is 3.34. The van der Waals surface area contributed by atoms with Crippen molar-refractivity contribution in [1.29, 1.82) is 0 Å². The van der Waals surface area contributed by atoms with Gasteiger partial charge in [0, 0.05) is 25.0 Å². The number of anilines is 1. The Hall–Kier alpha value is -0.680. The van der Waals surface area contributed by atoms with Crippen molar-refractivity contribution in [2.75, 3.05) is 25.6 Å². The van der Waals surface area contributed by atoms with Gasteiger partial charge in [0.1, 0.15) is 11.6 Å². The van der Waals surface area contributed by atoms with Gasteiger partial charge in [0.15, 0.2) is 0 Å². The highest BCUT2D eigenvalue weighted by atomic mass is 79.9. The van der Waals surface area contributed by atoms with Crippen molar-refractivity contribution in [3.63, 3.8) is 0 Å². The summed E-state index contributed by atoms with van der Waals surface area (Å²) < 4.78 is 6.51. The van der Waals surface area contributed by atoms with Gasteiger partial charge in [-0.2, -0.15) is 0 Å². The summed E-state index contributed by atoms with van der Waals surface area (Å²) in [4.78, 5) is 9.44. The largest absolute Gasteiger partial charge is 0.381 e. The minimum atomic E-state index is -0.0162. The topological polar surface area (TPSA) is 47.0 Å². The zero-order valence-electron chi connectivity index (χ0n) is 12.1. The van der Waals surface area contributed by atoms with Crippen molar-refractivity contribution in [3.8, 4) is 0 Å². The number of ether oxygens (including phenoxy) is 1. The van der Waals surface area contributed by atoms with Crippen molar-refractivity contribution in [1.82, 2.24) is 9.97 Å². The van der Waals surface area contributed by atoms with Crippen molar-refractivity contribution in [3.05, 3.63) is 16.0 Å². The normalized spacial score (nSPS) is 20.4. The maximum atomic E-state index is 5.55. The summed E-state index contributed by atoms with van der Waals surface area (Å²) in [5.41, 5.74) is 1.03. The van der Waals surface area contributed by atoms with E-state index in [0.717, 1.165) is 47.9 Å². The smallest absolute Gasteiger partial charge is 0.144 e. The second-order valence-corrected chi connectivity index (χ2v) is 6.80. The van der Waals surface area contributed by atoms with E-state index in [1.807, 2.05) is 7.05 Å². The van der Waals surface area contributed by atoms with Crippen LogP contribution in [0, 0.1) is 0 Å². The van der Waals surface area contributed by atoms with Gasteiger partial charge in [-0.05, 0) is 28.8 Å². The second-order valence-electron chi connectivity index (χ2n) is 6.01. The van der Waals surface area contributed by atoms with Crippen LogP contribution < -0.4 is 5.32 Å². The van der Waals surface area contributed by atoms with Crippen molar-refractivity contribution >= 4 is 21.7 Å². The fourth-order valence-electron chi connectivity index (χ4n) is 2.25. The SMILES string of the molecule is CNc1nc(C2CCCOC2)nc(C(C)(C)C)c1Br. The highest BCUT2D eigenvalue weighted by molar-refractivity contribution is 9.10. The number of nitrogens with one attached hydrogen (secondary N) is 1. The van der Waals surface area contributed by atoms with Gasteiger partial charge in [0.2, 0.25) is 0 Å². The fraction of sp³-hybridized carbons (Fsp3) is 0.714. The number of nitrogens with zero attached hydrogens (tertiary/aromatic N) is 2. The minimum absolute atomic E-state index is 0.0162. The molecule has 1 aromatic rings. The molecule has 0 spiro atoms. The van der Waals surface area contributed by atoms with Crippen molar-refractivity contribution < 1.29 is 4.74 Å². The molecule has 0 aromatic carbocycles. The van der Waals surface area contributed by atoms with Crippen LogP contribution in [0.5, 0.6) is 0 Å². The molecule has 4 nitrogen and oxygen atoms in total. The van der Waals surface area contributed by atoms with E-state index in [0.29, 0.717) is 5.92 Å². The van der Waals surface area contributed by atoms with E-state index in [-0.39, 0.29) is 5.41 Å². The third kappa shape index (κ3) is 3.26. The molecular weight excluding hydrogens is 306 g/mol. The van der Waals surface area contributed by atoms with E-state index in [2.05, 4.69) is 47.0 Å². The van der Waals surface area contributed by atoms with Crippen LogP contribution in [0.15, 0.2) is 4.47 Å². The van der Waals surface area contributed by atoms with Crippen molar-refractivity contribution in [2.45, 2.75) is 44.9 Å². The summed E-state index contributed by atoms with van der Waals surface area (Å²) in [7, 11) is 1.89. The summed E-state index contributed by atoms with van der Waals surface area (Å²) >= 11 is 3.62. The molecule has 2 heterocycles. The molecule has 1 N–H and O–H groups in total. The summed E-state index contributed by atoms with van der Waals surface area (Å²) in [6, 6.07) is 0. The number of hydrogen-bond donors (Lipinski definition) is 1. The molecule has 0 bridgehead atoms. The van der Waals surface area contributed by atoms with Crippen LogP contribution in [-0.2, 0) is 10.2 Å². The van der Waals surface area contributed by atoms with Crippen LogP contribution in [0.3, 0.4) is 0 Å². The van der Waals surface area contributed by atoms with E-state index < -0.39 is 0 Å². The van der Waals surface area contributed by atoms with Crippen LogP contribution in [0.4, 0.5) is 5.82 Å². The number of aromatic nitrogens is 2. The summed E-state index contributed by atoms with van der Waals surface area (Å²) in [5.74, 6) is 2.08. The summed E-state index contributed by atoms with van der Waals surface area (Å²) in [6.07, 6.45) is 2.19. The molecule has 1 fully saturated rings. The second kappa shape index (κ2) is 5.75. The molecule has 5 heteroatoms. The van der Waals surface area contributed by atoms with E-state index in [4.69, 9.17) is 9.72 Å². The Morgan fingerprint density at radius 2 is 2.05 bits per heavy atom. The molecule has 1 saturated heterocycles. The van der Waals surface area contributed by atoms with Gasteiger partial charge in [-0.3, -0.25) is 0 Å². The Kier molecular flexibility index (Phi) is 4.46.